The van der Waals surface area contributed by atoms with Gasteiger partial charge in [-0.25, -0.2) is 0 Å². The Labute approximate surface area is 128 Å². The van der Waals surface area contributed by atoms with E-state index in [0.717, 1.165) is 4.90 Å². The molecule has 1 amide bonds. The molecule has 1 fully saturated rings. The van der Waals surface area contributed by atoms with Crippen molar-refractivity contribution in [2.45, 2.75) is 0 Å². The lowest BCUT2D eigenvalue weighted by Crippen LogP contribution is -2.49. The molecule has 5 nitrogen and oxygen atoms in total. The van der Waals surface area contributed by atoms with E-state index in [9.17, 15) is 22.4 Å². The standard InChI is InChI=1S/C14H11F4N3O2/c15-9-11(10(16)13(18)19-12(9)17)20-2-4-21(5-3-20)14(22)8-1-6-23-7-8/h1,6-7H,2-5H2. The number of carbonyl (C=O) groups excluding carboxylic acids is 1. The summed E-state index contributed by atoms with van der Waals surface area (Å²) in [5.74, 6) is -6.77. The maximum Gasteiger partial charge on any atom is 0.257 e. The average Bonchev–Trinajstić information content (AvgIpc) is 3.08. The molecule has 0 spiro atoms. The van der Waals surface area contributed by atoms with Crippen LogP contribution in [0.15, 0.2) is 23.0 Å². The van der Waals surface area contributed by atoms with Crippen molar-refractivity contribution in [1.29, 1.82) is 0 Å². The highest BCUT2D eigenvalue weighted by atomic mass is 19.2. The number of furan rings is 1. The van der Waals surface area contributed by atoms with Gasteiger partial charge in [0.2, 0.25) is 11.6 Å². The highest BCUT2D eigenvalue weighted by Gasteiger charge is 2.29. The number of aromatic nitrogens is 1. The van der Waals surface area contributed by atoms with Crippen LogP contribution in [-0.2, 0) is 0 Å². The summed E-state index contributed by atoms with van der Waals surface area (Å²) < 4.78 is 58.6. The van der Waals surface area contributed by atoms with Crippen molar-refractivity contribution >= 4 is 11.6 Å². The van der Waals surface area contributed by atoms with Crippen LogP contribution < -0.4 is 4.90 Å². The first-order valence-corrected chi connectivity index (χ1v) is 6.75. The number of hydrogen-bond donors (Lipinski definition) is 0. The molecule has 0 bridgehead atoms. The molecule has 1 aliphatic heterocycles. The minimum atomic E-state index is -1.70. The Bertz CT molecular complexity index is 702. The molecule has 2 aromatic rings. The Hall–Kier alpha value is -2.58. The van der Waals surface area contributed by atoms with Crippen molar-refractivity contribution in [2.75, 3.05) is 31.1 Å². The third-order valence-electron chi connectivity index (χ3n) is 3.63. The lowest BCUT2D eigenvalue weighted by atomic mass is 10.2. The zero-order valence-corrected chi connectivity index (χ0v) is 11.7. The van der Waals surface area contributed by atoms with Crippen LogP contribution in [0.25, 0.3) is 0 Å². The van der Waals surface area contributed by atoms with Gasteiger partial charge in [0.15, 0.2) is 0 Å². The SMILES string of the molecule is O=C(c1ccoc1)N1CCN(c2c(F)c(F)nc(F)c2F)CC1. The van der Waals surface area contributed by atoms with E-state index in [1.807, 2.05) is 0 Å². The first-order chi connectivity index (χ1) is 11.0. The number of nitrogens with zero attached hydrogens (tertiary/aromatic N) is 3. The van der Waals surface area contributed by atoms with E-state index in [4.69, 9.17) is 4.42 Å². The second kappa shape index (κ2) is 5.90. The van der Waals surface area contributed by atoms with Gasteiger partial charge >= 0.3 is 0 Å². The van der Waals surface area contributed by atoms with E-state index in [1.54, 1.807) is 0 Å². The molecule has 0 atom stereocenters. The Morgan fingerprint density at radius 2 is 1.65 bits per heavy atom. The normalized spacial score (nSPS) is 15.1. The topological polar surface area (TPSA) is 49.6 Å². The molecule has 0 radical (unpaired) electrons. The fourth-order valence-electron chi connectivity index (χ4n) is 2.46. The van der Waals surface area contributed by atoms with Crippen LogP contribution in [0.5, 0.6) is 0 Å². The lowest BCUT2D eigenvalue weighted by Gasteiger charge is -2.36. The molecule has 9 heteroatoms. The van der Waals surface area contributed by atoms with E-state index in [2.05, 4.69) is 4.98 Å². The van der Waals surface area contributed by atoms with Crippen LogP contribution in [0.2, 0.25) is 0 Å². The van der Waals surface area contributed by atoms with Crippen LogP contribution in [0, 0.1) is 23.5 Å². The fraction of sp³-hybridized carbons (Fsp3) is 0.286. The third kappa shape index (κ3) is 2.73. The van der Waals surface area contributed by atoms with E-state index in [1.165, 1.54) is 23.5 Å². The minimum Gasteiger partial charge on any atom is -0.472 e. The maximum atomic E-state index is 13.7. The smallest absolute Gasteiger partial charge is 0.257 e. The van der Waals surface area contributed by atoms with Gasteiger partial charge in [-0.05, 0) is 6.07 Å². The molecular weight excluding hydrogens is 318 g/mol. The summed E-state index contributed by atoms with van der Waals surface area (Å²) in [6.07, 6.45) is 2.65. The molecule has 3 heterocycles. The molecule has 0 N–H and O–H groups in total. The van der Waals surface area contributed by atoms with Crippen molar-refractivity contribution < 1.29 is 26.8 Å². The Morgan fingerprint density at radius 3 is 2.17 bits per heavy atom. The van der Waals surface area contributed by atoms with Gasteiger partial charge in [0, 0.05) is 26.2 Å². The molecule has 3 rings (SSSR count). The van der Waals surface area contributed by atoms with E-state index < -0.39 is 29.2 Å². The number of amides is 1. The number of anilines is 1. The van der Waals surface area contributed by atoms with Crippen LogP contribution in [-0.4, -0.2) is 42.0 Å². The first-order valence-electron chi connectivity index (χ1n) is 6.75. The van der Waals surface area contributed by atoms with Gasteiger partial charge < -0.3 is 14.2 Å². The van der Waals surface area contributed by atoms with E-state index >= 15 is 0 Å². The predicted molar refractivity (Wildman–Crippen MR) is 70.9 cm³/mol. The Balaban J connectivity index is 1.76. The summed E-state index contributed by atoms with van der Waals surface area (Å²) in [6, 6.07) is 1.50. The summed E-state index contributed by atoms with van der Waals surface area (Å²) in [5, 5.41) is 0. The fourth-order valence-corrected chi connectivity index (χ4v) is 2.46. The Morgan fingerprint density at radius 1 is 1.04 bits per heavy atom. The van der Waals surface area contributed by atoms with Crippen molar-refractivity contribution in [3.8, 4) is 0 Å². The number of hydrogen-bond acceptors (Lipinski definition) is 4. The molecule has 1 saturated heterocycles. The summed E-state index contributed by atoms with van der Waals surface area (Å²) in [7, 11) is 0. The Kier molecular flexibility index (Phi) is 3.93. The molecule has 0 saturated carbocycles. The van der Waals surface area contributed by atoms with E-state index in [0.29, 0.717) is 5.56 Å². The number of carbonyl (C=O) groups is 1. The van der Waals surface area contributed by atoms with Crippen molar-refractivity contribution in [2.24, 2.45) is 0 Å². The predicted octanol–water partition coefficient (Wildman–Crippen LogP) is 2.19. The molecule has 2 aromatic heterocycles. The van der Waals surface area contributed by atoms with Gasteiger partial charge in [-0.2, -0.15) is 22.5 Å². The molecule has 1 aliphatic rings. The number of pyridine rings is 1. The maximum absolute atomic E-state index is 13.7. The van der Waals surface area contributed by atoms with Crippen LogP contribution >= 0.6 is 0 Å². The van der Waals surface area contributed by atoms with Gasteiger partial charge in [-0.3, -0.25) is 4.79 Å². The third-order valence-corrected chi connectivity index (χ3v) is 3.63. The summed E-state index contributed by atoms with van der Waals surface area (Å²) >= 11 is 0. The monoisotopic (exact) mass is 329 g/mol. The summed E-state index contributed by atoms with van der Waals surface area (Å²) in [4.78, 5) is 17.2. The summed E-state index contributed by atoms with van der Waals surface area (Å²) in [5.41, 5.74) is -0.442. The van der Waals surface area contributed by atoms with Gasteiger partial charge in [0.25, 0.3) is 17.8 Å². The average molecular weight is 329 g/mol. The first kappa shape index (κ1) is 15.3. The molecule has 0 aromatic carbocycles. The molecule has 23 heavy (non-hydrogen) atoms. The van der Waals surface area contributed by atoms with Crippen molar-refractivity contribution in [1.82, 2.24) is 9.88 Å². The molecular formula is C14H11F4N3O2. The quantitative estimate of drug-likeness (QED) is 0.626. The molecule has 122 valence electrons. The lowest BCUT2D eigenvalue weighted by molar-refractivity contribution is 0.0745. The largest absolute Gasteiger partial charge is 0.472 e. The van der Waals surface area contributed by atoms with Crippen molar-refractivity contribution in [3.63, 3.8) is 0 Å². The zero-order chi connectivity index (χ0) is 16.6. The molecule has 0 unspecified atom stereocenters. The van der Waals surface area contributed by atoms with Crippen molar-refractivity contribution in [3.05, 3.63) is 47.7 Å². The second-order valence-corrected chi connectivity index (χ2v) is 4.96. The second-order valence-electron chi connectivity index (χ2n) is 4.96. The van der Waals surface area contributed by atoms with Gasteiger partial charge in [-0.15, -0.1) is 0 Å². The number of piperazine rings is 1. The van der Waals surface area contributed by atoms with Gasteiger partial charge in [0.1, 0.15) is 12.0 Å². The van der Waals surface area contributed by atoms with Gasteiger partial charge in [-0.1, -0.05) is 0 Å². The summed E-state index contributed by atoms with van der Waals surface area (Å²) in [6.45, 7) is 0.351. The minimum absolute atomic E-state index is 0.0281. The highest BCUT2D eigenvalue weighted by Crippen LogP contribution is 2.27. The van der Waals surface area contributed by atoms with E-state index in [-0.39, 0.29) is 32.1 Å². The molecule has 0 aliphatic carbocycles. The number of halogens is 4. The zero-order valence-electron chi connectivity index (χ0n) is 11.7. The van der Waals surface area contributed by atoms with Crippen LogP contribution in [0.3, 0.4) is 0 Å². The highest BCUT2D eigenvalue weighted by molar-refractivity contribution is 5.94. The van der Waals surface area contributed by atoms with Crippen LogP contribution in [0.4, 0.5) is 23.2 Å². The number of rotatable bonds is 2. The van der Waals surface area contributed by atoms with Crippen LogP contribution in [0.1, 0.15) is 10.4 Å². The van der Waals surface area contributed by atoms with Gasteiger partial charge in [0.05, 0.1) is 11.8 Å².